The van der Waals surface area contributed by atoms with E-state index in [1.807, 2.05) is 18.2 Å². The number of alkyl halides is 2. The van der Waals surface area contributed by atoms with Gasteiger partial charge in [-0.15, -0.1) is 0 Å². The number of rotatable bonds is 7. The number of anilines is 1. The number of halogens is 3. The second-order valence-corrected chi connectivity index (χ2v) is 5.98. The van der Waals surface area contributed by atoms with Gasteiger partial charge in [0.05, 0.1) is 12.3 Å². The van der Waals surface area contributed by atoms with Crippen LogP contribution in [-0.2, 0) is 4.79 Å². The van der Waals surface area contributed by atoms with Crippen molar-refractivity contribution in [3.8, 4) is 11.5 Å². The Morgan fingerprint density at radius 1 is 1.24 bits per heavy atom. The first-order valence-corrected chi connectivity index (χ1v) is 8.52. The van der Waals surface area contributed by atoms with Crippen LogP contribution in [0.5, 0.6) is 11.5 Å². The molecular formula is C18H16F2INO3. The summed E-state index contributed by atoms with van der Waals surface area (Å²) in [6.07, 6.45) is 2.93. The van der Waals surface area contributed by atoms with Crippen LogP contribution in [0.15, 0.2) is 48.5 Å². The molecule has 1 N–H and O–H groups in total. The van der Waals surface area contributed by atoms with Gasteiger partial charge in [0.2, 0.25) is 5.91 Å². The number of para-hydroxylation sites is 1. The van der Waals surface area contributed by atoms with Gasteiger partial charge in [0.15, 0.2) is 11.5 Å². The largest absolute Gasteiger partial charge is 0.490 e. The van der Waals surface area contributed by atoms with Crippen molar-refractivity contribution in [3.05, 3.63) is 57.7 Å². The average Bonchev–Trinajstić information content (AvgIpc) is 2.57. The Balaban J connectivity index is 2.10. The summed E-state index contributed by atoms with van der Waals surface area (Å²) in [5, 5.41) is 2.77. The number of amides is 1. The quantitative estimate of drug-likeness (QED) is 0.472. The lowest BCUT2D eigenvalue weighted by atomic mass is 10.2. The van der Waals surface area contributed by atoms with Crippen LogP contribution in [0.4, 0.5) is 14.5 Å². The average molecular weight is 459 g/mol. The van der Waals surface area contributed by atoms with Gasteiger partial charge in [0.1, 0.15) is 0 Å². The van der Waals surface area contributed by atoms with Gasteiger partial charge in [-0.3, -0.25) is 4.79 Å². The maximum absolute atomic E-state index is 12.4. The molecule has 0 aliphatic rings. The first kappa shape index (κ1) is 19.2. The van der Waals surface area contributed by atoms with E-state index in [1.54, 1.807) is 25.1 Å². The van der Waals surface area contributed by atoms with Crippen molar-refractivity contribution in [2.24, 2.45) is 0 Å². The Bertz CT molecular complexity index is 766. The number of hydrogen-bond acceptors (Lipinski definition) is 3. The van der Waals surface area contributed by atoms with E-state index in [9.17, 15) is 13.6 Å². The first-order valence-electron chi connectivity index (χ1n) is 7.45. The molecule has 0 saturated heterocycles. The molecule has 0 radical (unpaired) electrons. The fourth-order valence-corrected chi connectivity index (χ4v) is 2.52. The third-order valence-electron chi connectivity index (χ3n) is 3.04. The molecule has 0 aliphatic carbocycles. The standard InChI is InChI=1S/C18H16F2INO3/c1-2-24-16-11-12(7-9-15(16)25-18(19)20)8-10-17(23)22-14-6-4-3-5-13(14)21/h3-11,18H,2H2,1H3,(H,22,23)/b10-8+. The third kappa shape index (κ3) is 6.00. The number of benzene rings is 2. The number of carbonyl (C=O) groups is 1. The molecule has 2 rings (SSSR count). The van der Waals surface area contributed by atoms with Crippen molar-refractivity contribution in [1.82, 2.24) is 0 Å². The first-order chi connectivity index (χ1) is 12.0. The van der Waals surface area contributed by atoms with Crippen LogP contribution in [0, 0.1) is 3.57 Å². The molecule has 132 valence electrons. The van der Waals surface area contributed by atoms with Crippen LogP contribution in [-0.4, -0.2) is 19.1 Å². The van der Waals surface area contributed by atoms with Gasteiger partial charge < -0.3 is 14.8 Å². The van der Waals surface area contributed by atoms with E-state index >= 15 is 0 Å². The van der Waals surface area contributed by atoms with Crippen molar-refractivity contribution >= 4 is 40.3 Å². The van der Waals surface area contributed by atoms with Crippen LogP contribution < -0.4 is 14.8 Å². The van der Waals surface area contributed by atoms with Crippen molar-refractivity contribution in [2.75, 3.05) is 11.9 Å². The van der Waals surface area contributed by atoms with Crippen LogP contribution in [0.2, 0.25) is 0 Å². The van der Waals surface area contributed by atoms with Crippen LogP contribution >= 0.6 is 22.6 Å². The van der Waals surface area contributed by atoms with Crippen LogP contribution in [0.25, 0.3) is 6.08 Å². The minimum absolute atomic E-state index is 0.0442. The molecule has 0 aliphatic heterocycles. The minimum atomic E-state index is -2.93. The van der Waals surface area contributed by atoms with E-state index in [0.717, 1.165) is 3.57 Å². The van der Waals surface area contributed by atoms with E-state index in [-0.39, 0.29) is 17.4 Å². The van der Waals surface area contributed by atoms with Gasteiger partial charge in [-0.05, 0) is 65.4 Å². The van der Waals surface area contributed by atoms with Crippen molar-refractivity contribution in [2.45, 2.75) is 13.5 Å². The predicted molar refractivity (Wildman–Crippen MR) is 101 cm³/mol. The second kappa shape index (κ2) is 9.36. The molecule has 2 aromatic rings. The molecule has 0 fully saturated rings. The molecule has 2 aromatic carbocycles. The van der Waals surface area contributed by atoms with Gasteiger partial charge in [-0.1, -0.05) is 18.2 Å². The molecule has 0 unspecified atom stereocenters. The normalized spacial score (nSPS) is 10.9. The Hall–Kier alpha value is -2.16. The summed E-state index contributed by atoms with van der Waals surface area (Å²) >= 11 is 2.13. The smallest absolute Gasteiger partial charge is 0.387 e. The number of hydrogen-bond donors (Lipinski definition) is 1. The molecule has 7 heteroatoms. The summed E-state index contributed by atoms with van der Waals surface area (Å²) in [4.78, 5) is 12.0. The number of nitrogens with one attached hydrogen (secondary N) is 1. The summed E-state index contributed by atoms with van der Waals surface area (Å²) in [5.74, 6) is -0.143. The molecule has 25 heavy (non-hydrogen) atoms. The highest BCUT2D eigenvalue weighted by atomic mass is 127. The van der Waals surface area contributed by atoms with Crippen molar-refractivity contribution in [1.29, 1.82) is 0 Å². The van der Waals surface area contributed by atoms with Crippen molar-refractivity contribution in [3.63, 3.8) is 0 Å². The fraction of sp³-hybridized carbons (Fsp3) is 0.167. The van der Waals surface area contributed by atoms with Gasteiger partial charge >= 0.3 is 6.61 Å². The van der Waals surface area contributed by atoms with E-state index in [1.165, 1.54) is 18.2 Å². The van der Waals surface area contributed by atoms with E-state index in [0.29, 0.717) is 17.9 Å². The monoisotopic (exact) mass is 459 g/mol. The van der Waals surface area contributed by atoms with Gasteiger partial charge in [0.25, 0.3) is 0 Å². The van der Waals surface area contributed by atoms with E-state index in [2.05, 4.69) is 32.6 Å². The molecule has 0 atom stereocenters. The Kier molecular flexibility index (Phi) is 7.17. The third-order valence-corrected chi connectivity index (χ3v) is 3.98. The molecule has 0 heterocycles. The maximum atomic E-state index is 12.4. The summed E-state index contributed by atoms with van der Waals surface area (Å²) in [6.45, 7) is -0.886. The summed E-state index contributed by atoms with van der Waals surface area (Å²) in [5.41, 5.74) is 1.34. The van der Waals surface area contributed by atoms with Gasteiger partial charge in [-0.25, -0.2) is 0 Å². The number of ether oxygens (including phenoxy) is 2. The summed E-state index contributed by atoms with van der Waals surface area (Å²) < 4.78 is 35.4. The minimum Gasteiger partial charge on any atom is -0.490 e. The summed E-state index contributed by atoms with van der Waals surface area (Å²) in [7, 11) is 0. The number of carbonyl (C=O) groups excluding carboxylic acids is 1. The zero-order valence-corrected chi connectivity index (χ0v) is 15.5. The molecular weight excluding hydrogens is 443 g/mol. The zero-order chi connectivity index (χ0) is 18.2. The highest BCUT2D eigenvalue weighted by Crippen LogP contribution is 2.30. The lowest BCUT2D eigenvalue weighted by molar-refractivity contribution is -0.111. The van der Waals surface area contributed by atoms with Crippen molar-refractivity contribution < 1.29 is 23.0 Å². The Morgan fingerprint density at radius 3 is 2.68 bits per heavy atom. The van der Waals surface area contributed by atoms with Crippen LogP contribution in [0.1, 0.15) is 12.5 Å². The topological polar surface area (TPSA) is 47.6 Å². The molecule has 0 saturated carbocycles. The highest BCUT2D eigenvalue weighted by Gasteiger charge is 2.11. The molecule has 0 bridgehead atoms. The van der Waals surface area contributed by atoms with E-state index in [4.69, 9.17) is 4.74 Å². The highest BCUT2D eigenvalue weighted by molar-refractivity contribution is 14.1. The van der Waals surface area contributed by atoms with Gasteiger partial charge in [0, 0.05) is 9.65 Å². The molecule has 4 nitrogen and oxygen atoms in total. The summed E-state index contributed by atoms with van der Waals surface area (Å²) in [6, 6.07) is 11.9. The molecule has 0 aromatic heterocycles. The molecule has 1 amide bonds. The maximum Gasteiger partial charge on any atom is 0.387 e. The van der Waals surface area contributed by atoms with Gasteiger partial charge in [-0.2, -0.15) is 8.78 Å². The second-order valence-electron chi connectivity index (χ2n) is 4.82. The molecule has 0 spiro atoms. The Morgan fingerprint density at radius 2 is 2.00 bits per heavy atom. The predicted octanol–water partition coefficient (Wildman–Crippen LogP) is 4.94. The SMILES string of the molecule is CCOc1cc(/C=C/C(=O)Nc2ccccc2I)ccc1OC(F)F. The van der Waals surface area contributed by atoms with E-state index < -0.39 is 6.61 Å². The fourth-order valence-electron chi connectivity index (χ4n) is 2.00. The lowest BCUT2D eigenvalue weighted by Gasteiger charge is -2.11. The lowest BCUT2D eigenvalue weighted by Crippen LogP contribution is -2.08. The Labute approximate surface area is 158 Å². The van der Waals surface area contributed by atoms with Crippen LogP contribution in [0.3, 0.4) is 0 Å². The zero-order valence-electron chi connectivity index (χ0n) is 13.3.